The second-order valence-corrected chi connectivity index (χ2v) is 6.55. The molecule has 130 valence electrons. The number of aromatic nitrogens is 4. The number of likely N-dealkylation sites (N-methyl/N-ethyl adjacent to an activating group) is 1. The van der Waals surface area contributed by atoms with E-state index >= 15 is 0 Å². The van der Waals surface area contributed by atoms with E-state index in [0.717, 1.165) is 50.7 Å². The van der Waals surface area contributed by atoms with Crippen LogP contribution in [0.2, 0.25) is 0 Å². The molecule has 0 atom stereocenters. The molecular formula is C19H24N6. The van der Waals surface area contributed by atoms with E-state index in [4.69, 9.17) is 0 Å². The molecule has 4 rings (SSSR count). The Morgan fingerprint density at radius 1 is 1.04 bits per heavy atom. The Morgan fingerprint density at radius 3 is 2.52 bits per heavy atom. The molecule has 3 heterocycles. The van der Waals surface area contributed by atoms with Gasteiger partial charge in [0.05, 0.1) is 0 Å². The summed E-state index contributed by atoms with van der Waals surface area (Å²) < 4.78 is 1.91. The average molecular weight is 336 g/mol. The lowest BCUT2D eigenvalue weighted by atomic mass is 10.0. The van der Waals surface area contributed by atoms with Gasteiger partial charge in [-0.25, -0.2) is 4.98 Å². The van der Waals surface area contributed by atoms with E-state index in [1.54, 1.807) is 6.33 Å². The van der Waals surface area contributed by atoms with Crippen LogP contribution in [-0.4, -0.2) is 57.2 Å². The van der Waals surface area contributed by atoms with Crippen LogP contribution in [-0.2, 0) is 6.42 Å². The highest BCUT2D eigenvalue weighted by molar-refractivity contribution is 5.56. The first kappa shape index (κ1) is 16.0. The molecule has 1 aliphatic heterocycles. The maximum absolute atomic E-state index is 4.67. The van der Waals surface area contributed by atoms with Gasteiger partial charge in [0.2, 0.25) is 0 Å². The third kappa shape index (κ3) is 3.09. The Kier molecular flexibility index (Phi) is 4.36. The van der Waals surface area contributed by atoms with E-state index in [0.29, 0.717) is 5.78 Å². The summed E-state index contributed by atoms with van der Waals surface area (Å²) in [6.07, 6.45) is 2.46. The Morgan fingerprint density at radius 2 is 1.80 bits per heavy atom. The smallest absolute Gasteiger partial charge is 0.254 e. The van der Waals surface area contributed by atoms with E-state index in [-0.39, 0.29) is 0 Å². The summed E-state index contributed by atoms with van der Waals surface area (Å²) in [4.78, 5) is 13.9. The lowest BCUT2D eigenvalue weighted by Crippen LogP contribution is -2.47. The first-order chi connectivity index (χ1) is 12.3. The first-order valence-electron chi connectivity index (χ1n) is 8.96. The minimum Gasteiger partial charge on any atom is -0.354 e. The van der Waals surface area contributed by atoms with Crippen molar-refractivity contribution in [3.8, 4) is 0 Å². The maximum Gasteiger partial charge on any atom is 0.254 e. The first-order valence-corrected chi connectivity index (χ1v) is 8.96. The number of aryl methyl sites for hydroxylation is 1. The predicted molar refractivity (Wildman–Crippen MR) is 99.1 cm³/mol. The number of anilines is 1. The Bertz CT molecular complexity index is 849. The minimum atomic E-state index is 0.683. The molecule has 1 fully saturated rings. The molecule has 0 radical (unpaired) electrons. The van der Waals surface area contributed by atoms with Crippen molar-refractivity contribution in [1.82, 2.24) is 24.5 Å². The van der Waals surface area contributed by atoms with Gasteiger partial charge in [0, 0.05) is 43.9 Å². The number of benzene rings is 1. The van der Waals surface area contributed by atoms with Gasteiger partial charge in [-0.05, 0) is 19.0 Å². The summed E-state index contributed by atoms with van der Waals surface area (Å²) in [6.45, 7) is 9.60. The normalized spacial score (nSPS) is 15.8. The fourth-order valence-electron chi connectivity index (χ4n) is 3.58. The Labute approximate surface area is 148 Å². The molecule has 0 saturated carbocycles. The fourth-order valence-corrected chi connectivity index (χ4v) is 3.58. The van der Waals surface area contributed by atoms with Crippen molar-refractivity contribution in [2.24, 2.45) is 0 Å². The molecule has 1 aromatic carbocycles. The largest absolute Gasteiger partial charge is 0.354 e. The fraction of sp³-hybridized carbons (Fsp3) is 0.421. The molecule has 0 bridgehead atoms. The van der Waals surface area contributed by atoms with Crippen molar-refractivity contribution >= 4 is 11.6 Å². The second-order valence-electron chi connectivity index (χ2n) is 6.55. The molecule has 0 N–H and O–H groups in total. The summed E-state index contributed by atoms with van der Waals surface area (Å²) in [5.41, 5.74) is 3.58. The summed E-state index contributed by atoms with van der Waals surface area (Å²) in [5, 5.41) is 4.46. The highest BCUT2D eigenvalue weighted by atomic mass is 15.4. The van der Waals surface area contributed by atoms with Gasteiger partial charge in [-0.2, -0.15) is 14.6 Å². The molecule has 0 spiro atoms. The van der Waals surface area contributed by atoms with Gasteiger partial charge in [0.15, 0.2) is 0 Å². The lowest BCUT2D eigenvalue weighted by Gasteiger charge is -2.36. The van der Waals surface area contributed by atoms with Gasteiger partial charge in [-0.1, -0.05) is 37.3 Å². The maximum atomic E-state index is 4.67. The zero-order valence-electron chi connectivity index (χ0n) is 14.9. The molecular weight excluding hydrogens is 312 g/mol. The second kappa shape index (κ2) is 6.80. The molecule has 1 aliphatic rings. The highest BCUT2D eigenvalue weighted by Gasteiger charge is 2.23. The average Bonchev–Trinajstić information content (AvgIpc) is 3.11. The molecule has 1 saturated heterocycles. The summed E-state index contributed by atoms with van der Waals surface area (Å²) in [7, 11) is 0. The number of fused-ring (bicyclic) bond motifs is 1. The standard InChI is InChI=1S/C19H24N6/c1-3-23-9-11-24(12-10-23)18-17(13-16-7-5-4-6-8-16)15(2)22-19-20-14-21-25(18)19/h4-8,14H,3,9-13H2,1-2H3. The van der Waals surface area contributed by atoms with E-state index in [2.05, 4.69) is 69.0 Å². The molecule has 2 aromatic heterocycles. The number of piperazine rings is 1. The predicted octanol–water partition coefficient (Wildman–Crippen LogP) is 2.17. The zero-order chi connectivity index (χ0) is 17.2. The van der Waals surface area contributed by atoms with Gasteiger partial charge in [0.1, 0.15) is 12.1 Å². The van der Waals surface area contributed by atoms with E-state index in [9.17, 15) is 0 Å². The van der Waals surface area contributed by atoms with Gasteiger partial charge >= 0.3 is 0 Å². The van der Waals surface area contributed by atoms with Gasteiger partial charge < -0.3 is 9.80 Å². The summed E-state index contributed by atoms with van der Waals surface area (Å²) >= 11 is 0. The monoisotopic (exact) mass is 336 g/mol. The lowest BCUT2D eigenvalue weighted by molar-refractivity contribution is 0.270. The van der Waals surface area contributed by atoms with Crippen molar-refractivity contribution in [1.29, 1.82) is 0 Å². The highest BCUT2D eigenvalue weighted by Crippen LogP contribution is 2.27. The number of hydrogen-bond acceptors (Lipinski definition) is 5. The molecule has 0 amide bonds. The van der Waals surface area contributed by atoms with Crippen LogP contribution >= 0.6 is 0 Å². The van der Waals surface area contributed by atoms with E-state index in [1.165, 1.54) is 11.1 Å². The molecule has 25 heavy (non-hydrogen) atoms. The summed E-state index contributed by atoms with van der Waals surface area (Å²) in [5.74, 6) is 1.84. The van der Waals surface area contributed by atoms with Crippen LogP contribution in [0.15, 0.2) is 36.7 Å². The van der Waals surface area contributed by atoms with Crippen molar-refractivity contribution in [3.63, 3.8) is 0 Å². The van der Waals surface area contributed by atoms with Crippen LogP contribution in [0, 0.1) is 6.92 Å². The van der Waals surface area contributed by atoms with Crippen molar-refractivity contribution < 1.29 is 0 Å². The van der Waals surface area contributed by atoms with Crippen LogP contribution in [0.1, 0.15) is 23.7 Å². The van der Waals surface area contributed by atoms with Crippen LogP contribution < -0.4 is 4.90 Å². The molecule has 6 heteroatoms. The van der Waals surface area contributed by atoms with Crippen molar-refractivity contribution in [2.75, 3.05) is 37.6 Å². The third-order valence-electron chi connectivity index (χ3n) is 5.05. The molecule has 0 unspecified atom stereocenters. The number of nitrogens with zero attached hydrogens (tertiary/aromatic N) is 6. The number of rotatable bonds is 4. The van der Waals surface area contributed by atoms with Crippen molar-refractivity contribution in [2.45, 2.75) is 20.3 Å². The van der Waals surface area contributed by atoms with Gasteiger partial charge in [-0.15, -0.1) is 0 Å². The van der Waals surface area contributed by atoms with E-state index in [1.807, 2.05) is 4.52 Å². The van der Waals surface area contributed by atoms with Crippen LogP contribution in [0.3, 0.4) is 0 Å². The minimum absolute atomic E-state index is 0.683. The zero-order valence-corrected chi connectivity index (χ0v) is 14.9. The number of hydrogen-bond donors (Lipinski definition) is 0. The van der Waals surface area contributed by atoms with Crippen LogP contribution in [0.4, 0.5) is 5.82 Å². The Balaban J connectivity index is 1.77. The molecule has 6 nitrogen and oxygen atoms in total. The van der Waals surface area contributed by atoms with Crippen molar-refractivity contribution in [3.05, 3.63) is 53.5 Å². The van der Waals surface area contributed by atoms with Crippen LogP contribution in [0.25, 0.3) is 5.78 Å². The quantitative estimate of drug-likeness (QED) is 0.731. The Hall–Kier alpha value is -2.47. The SMILES string of the molecule is CCN1CCN(c2c(Cc3ccccc3)c(C)nc3ncnn23)CC1. The summed E-state index contributed by atoms with van der Waals surface area (Å²) in [6, 6.07) is 10.6. The molecule has 0 aliphatic carbocycles. The molecule has 3 aromatic rings. The van der Waals surface area contributed by atoms with Gasteiger partial charge in [-0.3, -0.25) is 0 Å². The van der Waals surface area contributed by atoms with Crippen LogP contribution in [0.5, 0.6) is 0 Å². The topological polar surface area (TPSA) is 49.6 Å². The van der Waals surface area contributed by atoms with E-state index < -0.39 is 0 Å². The van der Waals surface area contributed by atoms with Gasteiger partial charge in [0.25, 0.3) is 5.78 Å². The third-order valence-corrected chi connectivity index (χ3v) is 5.05.